The molecule has 2 fully saturated rings. The van der Waals surface area contributed by atoms with Crippen molar-refractivity contribution in [3.8, 4) is 0 Å². The van der Waals surface area contributed by atoms with E-state index in [0.29, 0.717) is 12.1 Å². The Morgan fingerprint density at radius 3 is 2.95 bits per heavy atom. The molecule has 5 heteroatoms. The van der Waals surface area contributed by atoms with Crippen molar-refractivity contribution >= 4 is 18.1 Å². The molecule has 1 aromatic carbocycles. The van der Waals surface area contributed by atoms with Gasteiger partial charge in [-0.05, 0) is 30.2 Å². The van der Waals surface area contributed by atoms with Crippen LogP contribution in [0.3, 0.4) is 0 Å². The molecule has 2 aliphatic rings. The van der Waals surface area contributed by atoms with Crippen LogP contribution >= 0.6 is 12.4 Å². The molecule has 3 heterocycles. The van der Waals surface area contributed by atoms with E-state index in [-0.39, 0.29) is 12.4 Å². The lowest BCUT2D eigenvalue weighted by molar-refractivity contribution is 0.580. The van der Waals surface area contributed by atoms with Crippen molar-refractivity contribution < 1.29 is 0 Å². The standard InChI is InChI=1S/C15H18N4.ClH/c1-3-12(10-18-6-2-5-17-18)7-14(4-1)19-11-13-8-15(19)9-16-13;/h1-7,13,15-16H,8-11H2;1H/t13-,15-;/m0./s1. The summed E-state index contributed by atoms with van der Waals surface area (Å²) in [6, 6.07) is 12.2. The summed E-state index contributed by atoms with van der Waals surface area (Å²) in [6.07, 6.45) is 5.13. The maximum atomic E-state index is 4.27. The third-order valence-corrected chi connectivity index (χ3v) is 4.20. The smallest absolute Gasteiger partial charge is 0.0660 e. The van der Waals surface area contributed by atoms with Gasteiger partial charge in [0, 0.05) is 43.3 Å². The van der Waals surface area contributed by atoms with Crippen LogP contribution in [0.4, 0.5) is 5.69 Å². The van der Waals surface area contributed by atoms with E-state index in [1.165, 1.54) is 17.7 Å². The maximum Gasteiger partial charge on any atom is 0.0660 e. The number of halogens is 1. The minimum Gasteiger partial charge on any atom is -0.366 e. The van der Waals surface area contributed by atoms with Gasteiger partial charge in [0.25, 0.3) is 0 Å². The Kier molecular flexibility index (Phi) is 3.68. The van der Waals surface area contributed by atoms with Gasteiger partial charge in [-0.1, -0.05) is 12.1 Å². The molecule has 0 spiro atoms. The van der Waals surface area contributed by atoms with Crippen molar-refractivity contribution in [1.82, 2.24) is 15.1 Å². The van der Waals surface area contributed by atoms with Crippen LogP contribution in [0.1, 0.15) is 12.0 Å². The van der Waals surface area contributed by atoms with E-state index >= 15 is 0 Å². The van der Waals surface area contributed by atoms with E-state index < -0.39 is 0 Å². The third kappa shape index (κ3) is 2.41. The first kappa shape index (κ1) is 13.5. The number of anilines is 1. The molecule has 0 saturated carbocycles. The third-order valence-electron chi connectivity index (χ3n) is 4.20. The summed E-state index contributed by atoms with van der Waals surface area (Å²) in [5, 5.41) is 7.82. The summed E-state index contributed by atoms with van der Waals surface area (Å²) < 4.78 is 1.97. The van der Waals surface area contributed by atoms with Crippen LogP contribution in [0, 0.1) is 0 Å². The number of hydrogen-bond acceptors (Lipinski definition) is 3. The van der Waals surface area contributed by atoms with Gasteiger partial charge < -0.3 is 10.2 Å². The molecular weight excluding hydrogens is 272 g/mol. The lowest BCUT2D eigenvalue weighted by atomic mass is 10.1. The van der Waals surface area contributed by atoms with Gasteiger partial charge in [-0.15, -0.1) is 12.4 Å². The van der Waals surface area contributed by atoms with Gasteiger partial charge in [-0.3, -0.25) is 4.68 Å². The van der Waals surface area contributed by atoms with E-state index in [2.05, 4.69) is 39.6 Å². The highest BCUT2D eigenvalue weighted by Gasteiger charge is 2.37. The molecule has 0 radical (unpaired) electrons. The lowest BCUT2D eigenvalue weighted by Crippen LogP contribution is -2.43. The monoisotopic (exact) mass is 290 g/mol. The molecule has 4 nitrogen and oxygen atoms in total. The van der Waals surface area contributed by atoms with Gasteiger partial charge in [0.2, 0.25) is 0 Å². The predicted octanol–water partition coefficient (Wildman–Crippen LogP) is 1.90. The quantitative estimate of drug-likeness (QED) is 0.937. The second-order valence-electron chi connectivity index (χ2n) is 5.52. The van der Waals surface area contributed by atoms with Gasteiger partial charge in [0.15, 0.2) is 0 Å². The van der Waals surface area contributed by atoms with Crippen LogP contribution in [-0.2, 0) is 6.54 Å². The van der Waals surface area contributed by atoms with Gasteiger partial charge in [0.05, 0.1) is 6.54 Å². The fraction of sp³-hybridized carbons (Fsp3) is 0.400. The Morgan fingerprint density at radius 1 is 1.30 bits per heavy atom. The molecule has 2 aromatic rings. The fourth-order valence-electron chi connectivity index (χ4n) is 3.29. The Morgan fingerprint density at radius 2 is 2.25 bits per heavy atom. The number of nitrogens with one attached hydrogen (secondary N) is 1. The molecule has 0 aliphatic carbocycles. The Hall–Kier alpha value is -1.52. The van der Waals surface area contributed by atoms with E-state index in [4.69, 9.17) is 0 Å². The van der Waals surface area contributed by atoms with Crippen LogP contribution < -0.4 is 10.2 Å². The SMILES string of the molecule is Cl.c1cc(Cn2cccn2)cc(N2C[C@@H]3C[C@H]2CN3)c1. The average molecular weight is 291 g/mol. The minimum atomic E-state index is 0. The van der Waals surface area contributed by atoms with Crippen molar-refractivity contribution in [2.75, 3.05) is 18.0 Å². The average Bonchev–Trinajstić information content (AvgIpc) is 3.16. The maximum absolute atomic E-state index is 4.27. The van der Waals surface area contributed by atoms with E-state index in [9.17, 15) is 0 Å². The Balaban J connectivity index is 0.00000121. The highest BCUT2D eigenvalue weighted by Crippen LogP contribution is 2.29. The molecule has 106 valence electrons. The van der Waals surface area contributed by atoms with E-state index in [1.807, 2.05) is 23.1 Å². The summed E-state index contributed by atoms with van der Waals surface area (Å²) >= 11 is 0. The largest absolute Gasteiger partial charge is 0.366 e. The van der Waals surface area contributed by atoms with Crippen LogP contribution in [0.15, 0.2) is 42.7 Å². The van der Waals surface area contributed by atoms with Crippen LogP contribution in [-0.4, -0.2) is 35.0 Å². The summed E-state index contributed by atoms with van der Waals surface area (Å²) in [4.78, 5) is 2.55. The Labute approximate surface area is 125 Å². The summed E-state index contributed by atoms with van der Waals surface area (Å²) in [6.45, 7) is 3.13. The molecule has 0 amide bonds. The zero-order chi connectivity index (χ0) is 12.7. The second kappa shape index (κ2) is 5.46. The molecule has 20 heavy (non-hydrogen) atoms. The lowest BCUT2D eigenvalue weighted by Gasteiger charge is -2.29. The number of nitrogens with zero attached hydrogens (tertiary/aromatic N) is 3. The van der Waals surface area contributed by atoms with Crippen molar-refractivity contribution in [2.45, 2.75) is 25.0 Å². The molecule has 2 aliphatic heterocycles. The van der Waals surface area contributed by atoms with Crippen molar-refractivity contribution in [1.29, 1.82) is 0 Å². The normalized spacial score (nSPS) is 23.9. The van der Waals surface area contributed by atoms with Gasteiger partial charge in [0.1, 0.15) is 0 Å². The molecule has 4 rings (SSSR count). The highest BCUT2D eigenvalue weighted by atomic mass is 35.5. The summed E-state index contributed by atoms with van der Waals surface area (Å²) in [5.41, 5.74) is 2.68. The fourth-order valence-corrected chi connectivity index (χ4v) is 3.29. The van der Waals surface area contributed by atoms with E-state index in [0.717, 1.165) is 19.6 Å². The zero-order valence-corrected chi connectivity index (χ0v) is 12.1. The molecule has 1 aromatic heterocycles. The minimum absolute atomic E-state index is 0. The number of benzene rings is 1. The van der Waals surface area contributed by atoms with Crippen molar-refractivity contribution in [2.24, 2.45) is 0 Å². The first-order valence-electron chi connectivity index (χ1n) is 6.95. The van der Waals surface area contributed by atoms with Gasteiger partial charge in [-0.25, -0.2) is 0 Å². The molecule has 0 unspecified atom stereocenters. The number of aromatic nitrogens is 2. The molecule has 1 N–H and O–H groups in total. The summed E-state index contributed by atoms with van der Waals surface area (Å²) in [5.74, 6) is 0. The van der Waals surface area contributed by atoms with Crippen molar-refractivity contribution in [3.05, 3.63) is 48.3 Å². The summed E-state index contributed by atoms with van der Waals surface area (Å²) in [7, 11) is 0. The molecule has 2 saturated heterocycles. The Bertz CT molecular complexity index is 569. The van der Waals surface area contributed by atoms with Gasteiger partial charge >= 0.3 is 0 Å². The van der Waals surface area contributed by atoms with E-state index in [1.54, 1.807) is 0 Å². The van der Waals surface area contributed by atoms with Crippen LogP contribution in [0.2, 0.25) is 0 Å². The van der Waals surface area contributed by atoms with Crippen molar-refractivity contribution in [3.63, 3.8) is 0 Å². The van der Waals surface area contributed by atoms with Crippen LogP contribution in [0.25, 0.3) is 0 Å². The number of piperazine rings is 1. The van der Waals surface area contributed by atoms with Crippen LogP contribution in [0.5, 0.6) is 0 Å². The highest BCUT2D eigenvalue weighted by molar-refractivity contribution is 5.85. The molecule has 2 atom stereocenters. The van der Waals surface area contributed by atoms with Gasteiger partial charge in [-0.2, -0.15) is 5.10 Å². The first-order valence-corrected chi connectivity index (χ1v) is 6.95. The number of fused-ring (bicyclic) bond motifs is 2. The topological polar surface area (TPSA) is 33.1 Å². The zero-order valence-electron chi connectivity index (χ0n) is 11.3. The molecule has 2 bridgehead atoms. The molecular formula is C15H19ClN4. The first-order chi connectivity index (χ1) is 9.38. The number of hydrogen-bond donors (Lipinski definition) is 1. The number of rotatable bonds is 3. The predicted molar refractivity (Wildman–Crippen MR) is 82.6 cm³/mol. The second-order valence-corrected chi connectivity index (χ2v) is 5.52.